The number of nitrogens with zero attached hydrogens (tertiary/aromatic N) is 2. The Hall–Kier alpha value is -1.39. The minimum Gasteiger partial charge on any atom is -0.309 e. The third-order valence-corrected chi connectivity index (χ3v) is 3.59. The Morgan fingerprint density at radius 3 is 2.75 bits per heavy atom. The minimum atomic E-state index is -0.186. The Kier molecular flexibility index (Phi) is 5.15. The van der Waals surface area contributed by atoms with Crippen molar-refractivity contribution in [3.63, 3.8) is 0 Å². The lowest BCUT2D eigenvalue weighted by Gasteiger charge is -2.20. The van der Waals surface area contributed by atoms with Gasteiger partial charge in [0.15, 0.2) is 0 Å². The molecule has 1 atom stereocenters. The van der Waals surface area contributed by atoms with Crippen LogP contribution >= 0.6 is 11.6 Å². The van der Waals surface area contributed by atoms with Crippen LogP contribution in [-0.4, -0.2) is 16.3 Å². The van der Waals surface area contributed by atoms with Crippen molar-refractivity contribution < 1.29 is 4.39 Å². The van der Waals surface area contributed by atoms with E-state index < -0.39 is 0 Å². The predicted octanol–water partition coefficient (Wildman–Crippen LogP) is 3.59. The molecular formula is C15H19ClFN3. The molecule has 0 fully saturated rings. The van der Waals surface area contributed by atoms with Gasteiger partial charge in [-0.15, -0.1) is 0 Å². The van der Waals surface area contributed by atoms with Gasteiger partial charge in [-0.2, -0.15) is 5.10 Å². The van der Waals surface area contributed by atoms with Crippen LogP contribution in [0.25, 0.3) is 0 Å². The molecule has 1 aromatic carbocycles. The molecule has 0 aliphatic carbocycles. The number of rotatable bonds is 6. The van der Waals surface area contributed by atoms with E-state index in [9.17, 15) is 4.39 Å². The molecule has 108 valence electrons. The first-order valence-electron chi connectivity index (χ1n) is 6.85. The highest BCUT2D eigenvalue weighted by atomic mass is 35.5. The van der Waals surface area contributed by atoms with Gasteiger partial charge in [0.1, 0.15) is 5.82 Å². The highest BCUT2D eigenvalue weighted by Crippen LogP contribution is 2.26. The number of aryl methyl sites for hydroxylation is 1. The average Bonchev–Trinajstić information content (AvgIpc) is 2.81. The van der Waals surface area contributed by atoms with Crippen LogP contribution in [-0.2, 0) is 13.0 Å². The fraction of sp³-hybridized carbons (Fsp3) is 0.400. The Balaban J connectivity index is 2.32. The number of aromatic nitrogens is 2. The van der Waals surface area contributed by atoms with E-state index in [0.29, 0.717) is 17.0 Å². The number of hydrogen-bond acceptors (Lipinski definition) is 2. The summed E-state index contributed by atoms with van der Waals surface area (Å²) in [6.45, 7) is 5.55. The topological polar surface area (TPSA) is 29.9 Å². The van der Waals surface area contributed by atoms with E-state index in [2.05, 4.69) is 10.4 Å². The third kappa shape index (κ3) is 3.19. The maximum absolute atomic E-state index is 13.8. The monoisotopic (exact) mass is 295 g/mol. The zero-order chi connectivity index (χ0) is 14.5. The second kappa shape index (κ2) is 6.86. The van der Waals surface area contributed by atoms with Crippen LogP contribution in [0, 0.1) is 5.82 Å². The summed E-state index contributed by atoms with van der Waals surface area (Å²) in [4.78, 5) is 0. The molecular weight excluding hydrogens is 277 g/mol. The molecule has 3 nitrogen and oxygen atoms in total. The van der Waals surface area contributed by atoms with Gasteiger partial charge in [0, 0.05) is 6.54 Å². The van der Waals surface area contributed by atoms with Gasteiger partial charge in [-0.1, -0.05) is 36.7 Å². The van der Waals surface area contributed by atoms with Gasteiger partial charge in [0.05, 0.1) is 23.0 Å². The van der Waals surface area contributed by atoms with Crippen LogP contribution in [0.2, 0.25) is 5.02 Å². The molecule has 0 aliphatic heterocycles. The Labute approximate surface area is 123 Å². The molecule has 5 heteroatoms. The van der Waals surface area contributed by atoms with Crippen molar-refractivity contribution in [3.05, 3.63) is 52.6 Å². The third-order valence-electron chi connectivity index (χ3n) is 3.30. The van der Waals surface area contributed by atoms with Crippen molar-refractivity contribution in [2.75, 3.05) is 6.54 Å². The van der Waals surface area contributed by atoms with Crippen molar-refractivity contribution in [2.24, 2.45) is 0 Å². The summed E-state index contributed by atoms with van der Waals surface area (Å²) in [5.74, 6) is -0.186. The van der Waals surface area contributed by atoms with Gasteiger partial charge in [-0.05, 0) is 31.5 Å². The van der Waals surface area contributed by atoms with Crippen LogP contribution < -0.4 is 5.32 Å². The normalized spacial score (nSPS) is 12.6. The van der Waals surface area contributed by atoms with Crippen molar-refractivity contribution in [1.82, 2.24) is 15.1 Å². The average molecular weight is 296 g/mol. The first kappa shape index (κ1) is 15.0. The molecule has 1 unspecified atom stereocenters. The first-order valence-corrected chi connectivity index (χ1v) is 7.23. The largest absolute Gasteiger partial charge is 0.309 e. The SMILES string of the molecule is CCNC(Cc1ccccc1F)c1c(Cl)cnn1CC. The molecule has 0 aliphatic rings. The van der Waals surface area contributed by atoms with Crippen molar-refractivity contribution in [3.8, 4) is 0 Å². The molecule has 2 aromatic rings. The Bertz CT molecular complexity index is 568. The van der Waals surface area contributed by atoms with E-state index in [4.69, 9.17) is 11.6 Å². The van der Waals surface area contributed by atoms with Crippen LogP contribution in [0.4, 0.5) is 4.39 Å². The van der Waals surface area contributed by atoms with Gasteiger partial charge in [0.2, 0.25) is 0 Å². The van der Waals surface area contributed by atoms with Gasteiger partial charge in [-0.25, -0.2) is 4.39 Å². The van der Waals surface area contributed by atoms with E-state index in [1.165, 1.54) is 6.07 Å². The summed E-state index contributed by atoms with van der Waals surface area (Å²) < 4.78 is 15.7. The summed E-state index contributed by atoms with van der Waals surface area (Å²) in [5.41, 5.74) is 1.60. The number of benzene rings is 1. The number of hydrogen-bond donors (Lipinski definition) is 1. The number of likely N-dealkylation sites (N-methyl/N-ethyl adjacent to an activating group) is 1. The lowest BCUT2D eigenvalue weighted by molar-refractivity contribution is 0.481. The van der Waals surface area contributed by atoms with Crippen molar-refractivity contribution >= 4 is 11.6 Å². The van der Waals surface area contributed by atoms with Gasteiger partial charge < -0.3 is 5.32 Å². The fourth-order valence-corrected chi connectivity index (χ4v) is 2.64. The molecule has 0 saturated carbocycles. The van der Waals surface area contributed by atoms with E-state index in [1.54, 1.807) is 18.3 Å². The first-order chi connectivity index (χ1) is 9.67. The van der Waals surface area contributed by atoms with Crippen molar-refractivity contribution in [2.45, 2.75) is 32.9 Å². The summed E-state index contributed by atoms with van der Waals surface area (Å²) in [7, 11) is 0. The molecule has 0 bridgehead atoms. The molecule has 0 saturated heterocycles. The molecule has 2 rings (SSSR count). The lowest BCUT2D eigenvalue weighted by Crippen LogP contribution is -2.26. The number of nitrogens with one attached hydrogen (secondary N) is 1. The number of halogens is 2. The lowest BCUT2D eigenvalue weighted by atomic mass is 10.0. The van der Waals surface area contributed by atoms with Gasteiger partial charge in [0.25, 0.3) is 0 Å². The van der Waals surface area contributed by atoms with E-state index >= 15 is 0 Å². The second-order valence-corrected chi connectivity index (χ2v) is 5.01. The molecule has 0 spiro atoms. The van der Waals surface area contributed by atoms with Crippen LogP contribution in [0.3, 0.4) is 0 Å². The fourth-order valence-electron chi connectivity index (χ4n) is 2.37. The molecule has 1 N–H and O–H groups in total. The van der Waals surface area contributed by atoms with E-state index in [1.807, 2.05) is 24.6 Å². The zero-order valence-electron chi connectivity index (χ0n) is 11.7. The molecule has 0 amide bonds. The van der Waals surface area contributed by atoms with Crippen LogP contribution in [0.15, 0.2) is 30.5 Å². The maximum Gasteiger partial charge on any atom is 0.126 e. The zero-order valence-corrected chi connectivity index (χ0v) is 12.5. The van der Waals surface area contributed by atoms with Crippen LogP contribution in [0.5, 0.6) is 0 Å². The summed E-state index contributed by atoms with van der Waals surface area (Å²) in [6.07, 6.45) is 2.19. The highest BCUT2D eigenvalue weighted by molar-refractivity contribution is 6.31. The molecule has 1 aromatic heterocycles. The quantitative estimate of drug-likeness (QED) is 0.882. The summed E-state index contributed by atoms with van der Waals surface area (Å²) in [5, 5.41) is 8.24. The summed E-state index contributed by atoms with van der Waals surface area (Å²) in [6, 6.07) is 6.79. The molecule has 0 radical (unpaired) electrons. The van der Waals surface area contributed by atoms with Gasteiger partial charge >= 0.3 is 0 Å². The summed E-state index contributed by atoms with van der Waals surface area (Å²) >= 11 is 6.24. The maximum atomic E-state index is 13.8. The minimum absolute atomic E-state index is 0.0492. The van der Waals surface area contributed by atoms with Crippen LogP contribution in [0.1, 0.15) is 31.1 Å². The highest BCUT2D eigenvalue weighted by Gasteiger charge is 2.20. The standard InChI is InChI=1S/C15H19ClFN3/c1-3-18-14(9-11-7-5-6-8-13(11)17)15-12(16)10-19-20(15)4-2/h5-8,10,14,18H,3-4,9H2,1-2H3. The molecule has 1 heterocycles. The Morgan fingerprint density at radius 1 is 1.35 bits per heavy atom. The Morgan fingerprint density at radius 2 is 2.10 bits per heavy atom. The predicted molar refractivity (Wildman–Crippen MR) is 79.4 cm³/mol. The second-order valence-electron chi connectivity index (χ2n) is 4.60. The molecule has 20 heavy (non-hydrogen) atoms. The van der Waals surface area contributed by atoms with E-state index in [-0.39, 0.29) is 11.9 Å². The smallest absolute Gasteiger partial charge is 0.126 e. The van der Waals surface area contributed by atoms with E-state index in [0.717, 1.165) is 18.8 Å². The van der Waals surface area contributed by atoms with Crippen molar-refractivity contribution in [1.29, 1.82) is 0 Å². The van der Waals surface area contributed by atoms with Gasteiger partial charge in [-0.3, -0.25) is 4.68 Å².